The average molecular weight is 345 g/mol. The summed E-state index contributed by atoms with van der Waals surface area (Å²) in [5, 5.41) is 6.05. The number of benzene rings is 1. The fourth-order valence-corrected chi connectivity index (χ4v) is 3.29. The first-order chi connectivity index (χ1) is 12.0. The maximum absolute atomic E-state index is 12.7. The SMILES string of the molecule is CCCNC(=O)CN1c2ccccc2[C@H](C(=O)N[C@@H](C)CC)C[C@H]1C. The second-order valence-electron chi connectivity index (χ2n) is 6.99. The number of amides is 2. The van der Waals surface area contributed by atoms with Crippen LogP contribution in [0.3, 0.4) is 0 Å². The molecule has 1 aromatic carbocycles. The molecule has 3 atom stereocenters. The number of para-hydroxylation sites is 1. The van der Waals surface area contributed by atoms with Gasteiger partial charge in [-0.25, -0.2) is 0 Å². The van der Waals surface area contributed by atoms with E-state index in [0.717, 1.165) is 30.5 Å². The third-order valence-corrected chi connectivity index (χ3v) is 4.93. The maximum atomic E-state index is 12.7. The molecule has 25 heavy (non-hydrogen) atoms. The molecule has 0 aliphatic carbocycles. The van der Waals surface area contributed by atoms with Gasteiger partial charge in [-0.3, -0.25) is 9.59 Å². The van der Waals surface area contributed by atoms with Crippen molar-refractivity contribution in [3.8, 4) is 0 Å². The molecule has 0 saturated heterocycles. The molecular formula is C20H31N3O2. The van der Waals surface area contributed by atoms with Crippen molar-refractivity contribution in [2.75, 3.05) is 18.0 Å². The van der Waals surface area contributed by atoms with E-state index >= 15 is 0 Å². The van der Waals surface area contributed by atoms with Gasteiger partial charge in [-0.1, -0.05) is 32.0 Å². The zero-order valence-corrected chi connectivity index (χ0v) is 15.8. The number of fused-ring (bicyclic) bond motifs is 1. The van der Waals surface area contributed by atoms with Crippen molar-refractivity contribution in [1.29, 1.82) is 0 Å². The molecule has 0 bridgehead atoms. The number of hydrogen-bond acceptors (Lipinski definition) is 3. The average Bonchev–Trinajstić information content (AvgIpc) is 2.61. The lowest BCUT2D eigenvalue weighted by molar-refractivity contribution is -0.123. The zero-order valence-electron chi connectivity index (χ0n) is 15.8. The van der Waals surface area contributed by atoms with Gasteiger partial charge in [0.2, 0.25) is 11.8 Å². The Morgan fingerprint density at radius 1 is 1.28 bits per heavy atom. The zero-order chi connectivity index (χ0) is 18.4. The van der Waals surface area contributed by atoms with E-state index in [1.54, 1.807) is 0 Å². The third kappa shape index (κ3) is 4.74. The minimum atomic E-state index is -0.157. The number of carbonyl (C=O) groups is 2. The van der Waals surface area contributed by atoms with Crippen LogP contribution in [0, 0.1) is 0 Å². The van der Waals surface area contributed by atoms with Crippen molar-refractivity contribution in [3.05, 3.63) is 29.8 Å². The Morgan fingerprint density at radius 3 is 2.68 bits per heavy atom. The Bertz CT molecular complexity index is 602. The smallest absolute Gasteiger partial charge is 0.239 e. The second-order valence-corrected chi connectivity index (χ2v) is 6.99. The molecule has 0 saturated carbocycles. The van der Waals surface area contributed by atoms with E-state index in [-0.39, 0.29) is 29.8 Å². The minimum Gasteiger partial charge on any atom is -0.359 e. The summed E-state index contributed by atoms with van der Waals surface area (Å²) in [5.74, 6) is -0.0371. The molecule has 0 fully saturated rings. The highest BCUT2D eigenvalue weighted by Crippen LogP contribution is 2.38. The Balaban J connectivity index is 2.21. The molecule has 2 amide bonds. The van der Waals surface area contributed by atoms with Gasteiger partial charge in [0.15, 0.2) is 0 Å². The van der Waals surface area contributed by atoms with Crippen LogP contribution in [0.25, 0.3) is 0 Å². The molecular weight excluding hydrogens is 314 g/mol. The van der Waals surface area contributed by atoms with E-state index < -0.39 is 0 Å². The summed E-state index contributed by atoms with van der Waals surface area (Å²) < 4.78 is 0. The van der Waals surface area contributed by atoms with Crippen LogP contribution in [0.2, 0.25) is 0 Å². The van der Waals surface area contributed by atoms with Gasteiger partial charge in [-0.05, 0) is 44.7 Å². The van der Waals surface area contributed by atoms with Crippen LogP contribution in [0.5, 0.6) is 0 Å². The van der Waals surface area contributed by atoms with E-state index in [4.69, 9.17) is 0 Å². The highest BCUT2D eigenvalue weighted by Gasteiger charge is 2.34. The molecule has 2 N–H and O–H groups in total. The molecule has 1 aliphatic heterocycles. The lowest BCUT2D eigenvalue weighted by Crippen LogP contribution is -2.48. The number of nitrogens with one attached hydrogen (secondary N) is 2. The number of anilines is 1. The van der Waals surface area contributed by atoms with Gasteiger partial charge in [0, 0.05) is 24.3 Å². The quantitative estimate of drug-likeness (QED) is 0.799. The molecule has 0 spiro atoms. The molecule has 0 unspecified atom stereocenters. The monoisotopic (exact) mass is 345 g/mol. The van der Waals surface area contributed by atoms with Crippen LogP contribution in [0.15, 0.2) is 24.3 Å². The number of nitrogens with zero attached hydrogens (tertiary/aromatic N) is 1. The Kier molecular flexibility index (Phi) is 6.85. The van der Waals surface area contributed by atoms with Crippen molar-refractivity contribution < 1.29 is 9.59 Å². The van der Waals surface area contributed by atoms with Crippen molar-refractivity contribution >= 4 is 17.5 Å². The first kappa shape index (κ1) is 19.3. The largest absolute Gasteiger partial charge is 0.359 e. The lowest BCUT2D eigenvalue weighted by Gasteiger charge is -2.40. The minimum absolute atomic E-state index is 0.0333. The molecule has 1 aliphatic rings. The molecule has 138 valence electrons. The van der Waals surface area contributed by atoms with Crippen LogP contribution < -0.4 is 15.5 Å². The summed E-state index contributed by atoms with van der Waals surface area (Å²) in [4.78, 5) is 27.0. The highest BCUT2D eigenvalue weighted by molar-refractivity contribution is 5.88. The molecule has 0 radical (unpaired) electrons. The van der Waals surface area contributed by atoms with Gasteiger partial charge in [0.1, 0.15) is 0 Å². The van der Waals surface area contributed by atoms with Crippen LogP contribution in [0.4, 0.5) is 5.69 Å². The van der Waals surface area contributed by atoms with Gasteiger partial charge < -0.3 is 15.5 Å². The van der Waals surface area contributed by atoms with Gasteiger partial charge >= 0.3 is 0 Å². The lowest BCUT2D eigenvalue weighted by atomic mass is 9.85. The summed E-state index contributed by atoms with van der Waals surface area (Å²) in [5.41, 5.74) is 2.02. The number of hydrogen-bond donors (Lipinski definition) is 2. The normalized spacial score (nSPS) is 20.6. The summed E-state index contributed by atoms with van der Waals surface area (Å²) in [7, 11) is 0. The first-order valence-electron chi connectivity index (χ1n) is 9.40. The maximum Gasteiger partial charge on any atom is 0.239 e. The van der Waals surface area contributed by atoms with Crippen molar-refractivity contribution in [2.24, 2.45) is 0 Å². The highest BCUT2D eigenvalue weighted by atomic mass is 16.2. The third-order valence-electron chi connectivity index (χ3n) is 4.93. The topological polar surface area (TPSA) is 61.4 Å². The Morgan fingerprint density at radius 2 is 2.00 bits per heavy atom. The number of rotatable bonds is 7. The first-order valence-corrected chi connectivity index (χ1v) is 9.40. The van der Waals surface area contributed by atoms with Crippen molar-refractivity contribution in [2.45, 2.75) is 65.0 Å². The molecule has 1 aromatic rings. The van der Waals surface area contributed by atoms with E-state index in [9.17, 15) is 9.59 Å². The van der Waals surface area contributed by atoms with Crippen LogP contribution in [-0.2, 0) is 9.59 Å². The van der Waals surface area contributed by atoms with Crippen LogP contribution >= 0.6 is 0 Å². The summed E-state index contributed by atoms with van der Waals surface area (Å²) in [6, 6.07) is 8.27. The van der Waals surface area contributed by atoms with E-state index in [1.165, 1.54) is 0 Å². The van der Waals surface area contributed by atoms with Crippen LogP contribution in [-0.4, -0.2) is 37.0 Å². The van der Waals surface area contributed by atoms with Gasteiger partial charge in [0.25, 0.3) is 0 Å². The summed E-state index contributed by atoms with van der Waals surface area (Å²) in [6.07, 6.45) is 2.56. The summed E-state index contributed by atoms with van der Waals surface area (Å²) >= 11 is 0. The van der Waals surface area contributed by atoms with Gasteiger partial charge in [-0.15, -0.1) is 0 Å². The van der Waals surface area contributed by atoms with Crippen molar-refractivity contribution in [1.82, 2.24) is 10.6 Å². The second kappa shape index (κ2) is 8.88. The Hall–Kier alpha value is -2.04. The summed E-state index contributed by atoms with van der Waals surface area (Å²) in [6.45, 7) is 9.26. The Labute approximate surface area is 151 Å². The standard InChI is InChI=1S/C20H31N3O2/c1-5-11-21-19(24)13-23-15(4)12-17(20(25)22-14(3)6-2)16-9-7-8-10-18(16)23/h7-10,14-15,17H,5-6,11-13H2,1-4H3,(H,21,24)(H,22,25)/t14-,15+,17+/m0/s1. The van der Waals surface area contributed by atoms with Crippen molar-refractivity contribution in [3.63, 3.8) is 0 Å². The fraction of sp³-hybridized carbons (Fsp3) is 0.600. The number of carbonyl (C=O) groups excluding carboxylic acids is 2. The predicted octanol–water partition coefficient (Wildman–Crippen LogP) is 2.81. The molecule has 5 heteroatoms. The fourth-order valence-electron chi connectivity index (χ4n) is 3.29. The van der Waals surface area contributed by atoms with Crippen LogP contribution in [0.1, 0.15) is 58.4 Å². The van der Waals surface area contributed by atoms with E-state index in [0.29, 0.717) is 13.1 Å². The molecule has 0 aromatic heterocycles. The molecule has 2 rings (SSSR count). The van der Waals surface area contributed by atoms with E-state index in [2.05, 4.69) is 29.4 Å². The van der Waals surface area contributed by atoms with E-state index in [1.807, 2.05) is 38.1 Å². The van der Waals surface area contributed by atoms with Gasteiger partial charge in [0.05, 0.1) is 12.5 Å². The van der Waals surface area contributed by atoms with Gasteiger partial charge in [-0.2, -0.15) is 0 Å². The predicted molar refractivity (Wildman–Crippen MR) is 102 cm³/mol. The molecule has 5 nitrogen and oxygen atoms in total. The molecule has 1 heterocycles.